The van der Waals surface area contributed by atoms with Crippen molar-refractivity contribution in [3.05, 3.63) is 54.1 Å². The Hall–Kier alpha value is -1.90. The van der Waals surface area contributed by atoms with E-state index in [2.05, 4.69) is 0 Å². The van der Waals surface area contributed by atoms with Crippen molar-refractivity contribution in [2.24, 2.45) is 0 Å². The molecule has 0 atom stereocenters. The first kappa shape index (κ1) is 12.6. The Balaban J connectivity index is 2.20. The van der Waals surface area contributed by atoms with Gasteiger partial charge in [0, 0.05) is 0 Å². The average molecular weight is 248 g/mol. The van der Waals surface area contributed by atoms with Gasteiger partial charge in [0.15, 0.2) is 11.6 Å². The molecule has 0 spiro atoms. The minimum absolute atomic E-state index is 0.649. The van der Waals surface area contributed by atoms with Crippen LogP contribution in [0, 0.1) is 11.6 Å². The summed E-state index contributed by atoms with van der Waals surface area (Å²) >= 11 is 0. The van der Waals surface area contributed by atoms with E-state index in [0.29, 0.717) is 12.2 Å². The van der Waals surface area contributed by atoms with Gasteiger partial charge in [0.2, 0.25) is 0 Å². The number of rotatable bonds is 4. The van der Waals surface area contributed by atoms with Crippen LogP contribution in [0.4, 0.5) is 8.78 Å². The highest BCUT2D eigenvalue weighted by atomic mass is 19.2. The van der Waals surface area contributed by atoms with Crippen LogP contribution in [0.5, 0.6) is 5.75 Å². The normalized spacial score (nSPS) is 10.4. The predicted molar refractivity (Wildman–Crippen MR) is 67.6 cm³/mol. The van der Waals surface area contributed by atoms with E-state index in [1.165, 1.54) is 6.07 Å². The standard InChI is InChI=1S/C15H14F2O/c1-2-9-18-13-6-3-11(4-7-13)12-5-8-14(16)15(17)10-12/h3-8,10H,2,9H2,1H3. The molecule has 0 aliphatic heterocycles. The van der Waals surface area contributed by atoms with Crippen molar-refractivity contribution in [3.8, 4) is 16.9 Å². The molecule has 18 heavy (non-hydrogen) atoms. The van der Waals surface area contributed by atoms with Crippen molar-refractivity contribution in [1.29, 1.82) is 0 Å². The molecule has 0 saturated carbocycles. The minimum Gasteiger partial charge on any atom is -0.494 e. The molecule has 94 valence electrons. The third-order valence-electron chi connectivity index (χ3n) is 2.58. The Morgan fingerprint density at radius 1 is 0.889 bits per heavy atom. The second kappa shape index (κ2) is 5.63. The van der Waals surface area contributed by atoms with E-state index in [4.69, 9.17) is 4.74 Å². The molecule has 0 aromatic heterocycles. The Morgan fingerprint density at radius 2 is 1.56 bits per heavy atom. The molecule has 0 N–H and O–H groups in total. The Labute approximate surface area is 105 Å². The molecule has 1 nitrogen and oxygen atoms in total. The maximum Gasteiger partial charge on any atom is 0.159 e. The summed E-state index contributed by atoms with van der Waals surface area (Å²) in [6.45, 7) is 2.71. The van der Waals surface area contributed by atoms with Gasteiger partial charge in [-0.25, -0.2) is 8.78 Å². The molecule has 0 bridgehead atoms. The van der Waals surface area contributed by atoms with E-state index in [1.807, 2.05) is 31.2 Å². The summed E-state index contributed by atoms with van der Waals surface area (Å²) in [5.74, 6) is -0.886. The van der Waals surface area contributed by atoms with Crippen LogP contribution in [0.2, 0.25) is 0 Å². The van der Waals surface area contributed by atoms with E-state index in [-0.39, 0.29) is 0 Å². The molecule has 0 heterocycles. The molecule has 0 aliphatic carbocycles. The van der Waals surface area contributed by atoms with Gasteiger partial charge in [0.1, 0.15) is 5.75 Å². The first-order chi connectivity index (χ1) is 8.70. The molecule has 0 radical (unpaired) electrons. The fourth-order valence-corrected chi connectivity index (χ4v) is 1.64. The van der Waals surface area contributed by atoms with E-state index in [0.717, 1.165) is 23.8 Å². The van der Waals surface area contributed by atoms with Crippen LogP contribution in [-0.4, -0.2) is 6.61 Å². The summed E-state index contributed by atoms with van der Waals surface area (Å²) in [5.41, 5.74) is 1.48. The number of ether oxygens (including phenoxy) is 1. The summed E-state index contributed by atoms with van der Waals surface area (Å²) < 4.78 is 31.4. The quantitative estimate of drug-likeness (QED) is 0.778. The van der Waals surface area contributed by atoms with Gasteiger partial charge in [-0.2, -0.15) is 0 Å². The summed E-state index contributed by atoms with van der Waals surface area (Å²) in [5, 5.41) is 0. The highest BCUT2D eigenvalue weighted by Gasteiger charge is 2.04. The number of benzene rings is 2. The minimum atomic E-state index is -0.834. The molecule has 0 aliphatic rings. The van der Waals surface area contributed by atoms with Crippen molar-refractivity contribution >= 4 is 0 Å². The van der Waals surface area contributed by atoms with Gasteiger partial charge in [-0.3, -0.25) is 0 Å². The summed E-state index contributed by atoms with van der Waals surface area (Å²) in [6, 6.07) is 11.2. The lowest BCUT2D eigenvalue weighted by atomic mass is 10.1. The fraction of sp³-hybridized carbons (Fsp3) is 0.200. The number of hydrogen-bond donors (Lipinski definition) is 0. The second-order valence-corrected chi connectivity index (χ2v) is 4.00. The Kier molecular flexibility index (Phi) is 3.92. The maximum absolute atomic E-state index is 13.1. The van der Waals surface area contributed by atoms with Crippen LogP contribution >= 0.6 is 0 Å². The topological polar surface area (TPSA) is 9.23 Å². The lowest BCUT2D eigenvalue weighted by Gasteiger charge is -2.06. The predicted octanol–water partition coefficient (Wildman–Crippen LogP) is 4.42. The zero-order valence-electron chi connectivity index (χ0n) is 10.1. The Morgan fingerprint density at radius 3 is 2.17 bits per heavy atom. The summed E-state index contributed by atoms with van der Waals surface area (Å²) in [6.07, 6.45) is 0.949. The first-order valence-corrected chi connectivity index (χ1v) is 5.89. The smallest absolute Gasteiger partial charge is 0.159 e. The average Bonchev–Trinajstić information content (AvgIpc) is 2.40. The van der Waals surface area contributed by atoms with Crippen LogP contribution in [0.1, 0.15) is 13.3 Å². The van der Waals surface area contributed by atoms with E-state index < -0.39 is 11.6 Å². The fourth-order valence-electron chi connectivity index (χ4n) is 1.64. The molecule has 3 heteroatoms. The van der Waals surface area contributed by atoms with Crippen LogP contribution in [-0.2, 0) is 0 Å². The van der Waals surface area contributed by atoms with Gasteiger partial charge in [0.25, 0.3) is 0 Å². The van der Waals surface area contributed by atoms with Crippen molar-refractivity contribution in [1.82, 2.24) is 0 Å². The van der Waals surface area contributed by atoms with Crippen LogP contribution in [0.25, 0.3) is 11.1 Å². The summed E-state index contributed by atoms with van der Waals surface area (Å²) in [7, 11) is 0. The van der Waals surface area contributed by atoms with Crippen molar-refractivity contribution in [2.45, 2.75) is 13.3 Å². The first-order valence-electron chi connectivity index (χ1n) is 5.89. The van der Waals surface area contributed by atoms with Crippen LogP contribution < -0.4 is 4.74 Å². The molecule has 2 aromatic rings. The van der Waals surface area contributed by atoms with Crippen molar-refractivity contribution in [2.75, 3.05) is 6.61 Å². The van der Waals surface area contributed by atoms with E-state index in [1.54, 1.807) is 6.07 Å². The molecular formula is C15H14F2O. The maximum atomic E-state index is 13.1. The zero-order chi connectivity index (χ0) is 13.0. The van der Waals surface area contributed by atoms with Crippen molar-refractivity contribution < 1.29 is 13.5 Å². The monoisotopic (exact) mass is 248 g/mol. The lowest BCUT2D eigenvalue weighted by molar-refractivity contribution is 0.317. The van der Waals surface area contributed by atoms with Gasteiger partial charge >= 0.3 is 0 Å². The number of halogens is 2. The summed E-state index contributed by atoms with van der Waals surface area (Å²) in [4.78, 5) is 0. The second-order valence-electron chi connectivity index (χ2n) is 4.00. The van der Waals surface area contributed by atoms with E-state index in [9.17, 15) is 8.78 Å². The largest absolute Gasteiger partial charge is 0.494 e. The van der Waals surface area contributed by atoms with E-state index >= 15 is 0 Å². The van der Waals surface area contributed by atoms with Crippen molar-refractivity contribution in [3.63, 3.8) is 0 Å². The lowest BCUT2D eigenvalue weighted by Crippen LogP contribution is -1.94. The van der Waals surface area contributed by atoms with Gasteiger partial charge in [-0.15, -0.1) is 0 Å². The molecule has 0 saturated heterocycles. The SMILES string of the molecule is CCCOc1ccc(-c2ccc(F)c(F)c2)cc1. The third-order valence-corrected chi connectivity index (χ3v) is 2.58. The number of hydrogen-bond acceptors (Lipinski definition) is 1. The van der Waals surface area contributed by atoms with Gasteiger partial charge < -0.3 is 4.74 Å². The molecule has 2 rings (SSSR count). The van der Waals surface area contributed by atoms with Gasteiger partial charge in [-0.05, 0) is 41.8 Å². The highest BCUT2D eigenvalue weighted by Crippen LogP contribution is 2.24. The molecule has 0 amide bonds. The highest BCUT2D eigenvalue weighted by molar-refractivity contribution is 5.64. The Bertz CT molecular complexity index is 521. The van der Waals surface area contributed by atoms with Gasteiger partial charge in [0.05, 0.1) is 6.61 Å². The molecule has 2 aromatic carbocycles. The molecule has 0 unspecified atom stereocenters. The van der Waals surface area contributed by atoms with Crippen LogP contribution in [0.3, 0.4) is 0 Å². The zero-order valence-corrected chi connectivity index (χ0v) is 10.1. The molecule has 0 fully saturated rings. The molecular weight excluding hydrogens is 234 g/mol. The third kappa shape index (κ3) is 2.86. The van der Waals surface area contributed by atoms with Gasteiger partial charge in [-0.1, -0.05) is 25.1 Å². The van der Waals surface area contributed by atoms with Crippen LogP contribution in [0.15, 0.2) is 42.5 Å².